The van der Waals surface area contributed by atoms with Crippen LogP contribution >= 0.6 is 0 Å². The normalized spacial score (nSPS) is 15.0. The van der Waals surface area contributed by atoms with E-state index in [9.17, 15) is 27.3 Å². The van der Waals surface area contributed by atoms with Crippen LogP contribution in [0.1, 0.15) is 17.2 Å². The summed E-state index contributed by atoms with van der Waals surface area (Å²) in [6.07, 6.45) is 1.01. The molecule has 7 nitrogen and oxygen atoms in total. The second kappa shape index (κ2) is 9.47. The van der Waals surface area contributed by atoms with Gasteiger partial charge in [-0.2, -0.15) is 0 Å². The molecule has 0 saturated carbocycles. The number of benzene rings is 3. The zero-order valence-corrected chi connectivity index (χ0v) is 19.2. The highest BCUT2D eigenvalue weighted by molar-refractivity contribution is 7.90. The van der Waals surface area contributed by atoms with Gasteiger partial charge < -0.3 is 4.90 Å². The first-order chi connectivity index (χ1) is 16.1. The highest BCUT2D eigenvalue weighted by Crippen LogP contribution is 2.34. The van der Waals surface area contributed by atoms with Gasteiger partial charge in [0.15, 0.2) is 9.84 Å². The summed E-state index contributed by atoms with van der Waals surface area (Å²) >= 11 is 0. The van der Waals surface area contributed by atoms with Crippen LogP contribution in [-0.2, 0) is 9.84 Å². The van der Waals surface area contributed by atoms with E-state index in [1.54, 1.807) is 24.3 Å². The number of nitro groups is 1. The molecule has 0 atom stereocenters. The third-order valence-corrected chi connectivity index (χ3v) is 7.07. The maximum Gasteiger partial charge on any atom is 0.293 e. The molecule has 34 heavy (non-hydrogen) atoms. The van der Waals surface area contributed by atoms with Crippen molar-refractivity contribution in [2.45, 2.75) is 10.9 Å². The van der Waals surface area contributed by atoms with Crippen LogP contribution in [0.3, 0.4) is 0 Å². The predicted octanol–water partition coefficient (Wildman–Crippen LogP) is 4.19. The number of halogens is 2. The van der Waals surface area contributed by atoms with Crippen molar-refractivity contribution >= 4 is 21.2 Å². The molecule has 1 aliphatic rings. The lowest BCUT2D eigenvalue weighted by Gasteiger charge is -2.40. The minimum absolute atomic E-state index is 0.103. The van der Waals surface area contributed by atoms with E-state index >= 15 is 0 Å². The lowest BCUT2D eigenvalue weighted by atomic mass is 9.96. The van der Waals surface area contributed by atoms with Crippen LogP contribution in [0.4, 0.5) is 20.2 Å². The van der Waals surface area contributed by atoms with Crippen LogP contribution in [0, 0.1) is 21.7 Å². The number of nitrogens with zero attached hydrogens (tertiary/aromatic N) is 3. The van der Waals surface area contributed by atoms with Crippen molar-refractivity contribution in [3.05, 3.63) is 99.6 Å². The van der Waals surface area contributed by atoms with Crippen molar-refractivity contribution in [1.82, 2.24) is 4.90 Å². The molecule has 1 fully saturated rings. The quantitative estimate of drug-likeness (QED) is 0.383. The van der Waals surface area contributed by atoms with Crippen LogP contribution in [0.5, 0.6) is 0 Å². The van der Waals surface area contributed by atoms with Crippen LogP contribution in [-0.4, -0.2) is 50.7 Å². The first-order valence-electron chi connectivity index (χ1n) is 10.6. The minimum atomic E-state index is -3.58. The third kappa shape index (κ3) is 5.07. The van der Waals surface area contributed by atoms with Crippen LogP contribution < -0.4 is 4.90 Å². The average Bonchev–Trinajstić information content (AvgIpc) is 2.81. The zero-order valence-electron chi connectivity index (χ0n) is 18.4. The fourth-order valence-electron chi connectivity index (χ4n) is 4.27. The van der Waals surface area contributed by atoms with E-state index in [0.717, 1.165) is 23.4 Å². The molecule has 0 N–H and O–H groups in total. The largest absolute Gasteiger partial charge is 0.363 e. The van der Waals surface area contributed by atoms with E-state index in [1.807, 2.05) is 4.90 Å². The van der Waals surface area contributed by atoms with Gasteiger partial charge in [-0.1, -0.05) is 24.3 Å². The van der Waals surface area contributed by atoms with Crippen molar-refractivity contribution < 1.29 is 22.1 Å². The minimum Gasteiger partial charge on any atom is -0.363 e. The summed E-state index contributed by atoms with van der Waals surface area (Å²) in [5, 5.41) is 11.7. The van der Waals surface area contributed by atoms with E-state index in [-0.39, 0.29) is 28.3 Å². The highest BCUT2D eigenvalue weighted by atomic mass is 32.2. The molecular formula is C24H23F2N3O4S. The monoisotopic (exact) mass is 487 g/mol. The van der Waals surface area contributed by atoms with E-state index in [4.69, 9.17) is 0 Å². The van der Waals surface area contributed by atoms with Gasteiger partial charge in [-0.05, 0) is 47.5 Å². The van der Waals surface area contributed by atoms with Gasteiger partial charge in [0.1, 0.15) is 17.3 Å². The van der Waals surface area contributed by atoms with Crippen LogP contribution in [0.2, 0.25) is 0 Å². The molecule has 4 rings (SSSR count). The molecule has 3 aromatic carbocycles. The number of anilines is 1. The van der Waals surface area contributed by atoms with Gasteiger partial charge in [-0.15, -0.1) is 0 Å². The molecule has 1 heterocycles. The SMILES string of the molecule is CS(=O)(=O)c1ccc(N2CCN(C(c3ccc(F)cc3)c3ccc(F)cc3)CC2)c([N+](=O)[O-])c1. The predicted molar refractivity (Wildman–Crippen MR) is 125 cm³/mol. The highest BCUT2D eigenvalue weighted by Gasteiger charge is 2.30. The second-order valence-electron chi connectivity index (χ2n) is 8.21. The van der Waals surface area contributed by atoms with Crippen molar-refractivity contribution in [2.24, 2.45) is 0 Å². The van der Waals surface area contributed by atoms with E-state index in [1.165, 1.54) is 36.4 Å². The van der Waals surface area contributed by atoms with Gasteiger partial charge in [0, 0.05) is 38.5 Å². The van der Waals surface area contributed by atoms with Gasteiger partial charge in [-0.3, -0.25) is 15.0 Å². The molecule has 0 unspecified atom stereocenters. The molecule has 0 spiro atoms. The summed E-state index contributed by atoms with van der Waals surface area (Å²) in [4.78, 5) is 15.0. The number of hydrogen-bond acceptors (Lipinski definition) is 6. The maximum absolute atomic E-state index is 13.5. The van der Waals surface area contributed by atoms with E-state index in [2.05, 4.69) is 4.90 Å². The molecule has 0 aromatic heterocycles. The van der Waals surface area contributed by atoms with Gasteiger partial charge in [0.05, 0.1) is 15.9 Å². The van der Waals surface area contributed by atoms with Crippen LogP contribution in [0.15, 0.2) is 71.6 Å². The number of sulfone groups is 1. The molecule has 0 aliphatic carbocycles. The van der Waals surface area contributed by atoms with E-state index in [0.29, 0.717) is 31.9 Å². The summed E-state index contributed by atoms with van der Waals surface area (Å²) in [6.45, 7) is 1.98. The van der Waals surface area contributed by atoms with Gasteiger partial charge in [0.25, 0.3) is 5.69 Å². The zero-order chi connectivity index (χ0) is 24.5. The Labute approximate surface area is 196 Å². The van der Waals surface area contributed by atoms with Gasteiger partial charge in [-0.25, -0.2) is 17.2 Å². The Bertz CT molecular complexity index is 1250. The molecule has 10 heteroatoms. The Balaban J connectivity index is 1.60. The number of rotatable bonds is 6. The first-order valence-corrected chi connectivity index (χ1v) is 12.5. The number of piperazine rings is 1. The van der Waals surface area contributed by atoms with Gasteiger partial charge in [0.2, 0.25) is 0 Å². The van der Waals surface area contributed by atoms with Crippen molar-refractivity contribution in [1.29, 1.82) is 0 Å². The smallest absolute Gasteiger partial charge is 0.293 e. The Morgan fingerprint density at radius 2 is 1.35 bits per heavy atom. The number of hydrogen-bond donors (Lipinski definition) is 0. The van der Waals surface area contributed by atoms with Crippen molar-refractivity contribution in [3.8, 4) is 0 Å². The Morgan fingerprint density at radius 3 is 1.79 bits per heavy atom. The lowest BCUT2D eigenvalue weighted by molar-refractivity contribution is -0.384. The molecule has 178 valence electrons. The lowest BCUT2D eigenvalue weighted by Crippen LogP contribution is -2.48. The fourth-order valence-corrected chi connectivity index (χ4v) is 4.91. The van der Waals surface area contributed by atoms with Crippen molar-refractivity contribution in [3.63, 3.8) is 0 Å². The topological polar surface area (TPSA) is 83.8 Å². The molecule has 0 bridgehead atoms. The second-order valence-corrected chi connectivity index (χ2v) is 10.2. The number of nitro benzene ring substituents is 1. The summed E-state index contributed by atoms with van der Waals surface area (Å²) in [6, 6.07) is 16.0. The van der Waals surface area contributed by atoms with Crippen LogP contribution in [0.25, 0.3) is 0 Å². The van der Waals surface area contributed by atoms with Crippen molar-refractivity contribution in [2.75, 3.05) is 37.3 Å². The standard InChI is InChI=1S/C24H23F2N3O4S/c1-34(32,33)21-10-11-22(23(16-21)29(30)31)27-12-14-28(15-13-27)24(17-2-6-19(25)7-3-17)18-4-8-20(26)9-5-18/h2-11,16,24H,12-15H2,1H3. The summed E-state index contributed by atoms with van der Waals surface area (Å²) in [5.74, 6) is -0.701. The third-order valence-electron chi connectivity index (χ3n) is 5.96. The molecule has 0 radical (unpaired) electrons. The Kier molecular flexibility index (Phi) is 6.63. The summed E-state index contributed by atoms with van der Waals surface area (Å²) in [5.41, 5.74) is 1.80. The molecular weight excluding hydrogens is 464 g/mol. The van der Waals surface area contributed by atoms with E-state index < -0.39 is 14.8 Å². The Morgan fingerprint density at radius 1 is 0.853 bits per heavy atom. The average molecular weight is 488 g/mol. The summed E-state index contributed by atoms with van der Waals surface area (Å²) in [7, 11) is -3.58. The van der Waals surface area contributed by atoms with Gasteiger partial charge >= 0.3 is 0 Å². The Hall–Kier alpha value is -3.37. The molecule has 1 saturated heterocycles. The molecule has 0 amide bonds. The molecule has 3 aromatic rings. The molecule has 1 aliphatic heterocycles. The maximum atomic E-state index is 13.5. The summed E-state index contributed by atoms with van der Waals surface area (Å²) < 4.78 is 50.7. The first kappa shape index (κ1) is 23.8. The fraction of sp³-hybridized carbons (Fsp3) is 0.250.